The molecule has 1 aliphatic rings. The molecule has 11 heteroatoms. The molecule has 1 aliphatic heterocycles. The van der Waals surface area contributed by atoms with Gasteiger partial charge in [0, 0.05) is 32.6 Å². The number of sulfonamides is 1. The lowest BCUT2D eigenvalue weighted by Gasteiger charge is -2.35. The molecule has 0 radical (unpaired) electrons. The molecular formula is C22H27F2N3O5S. The fourth-order valence-electron chi connectivity index (χ4n) is 3.50. The number of hydrogen-bond donors (Lipinski definition) is 2. The first-order chi connectivity index (χ1) is 15.8. The number of nitrogens with zero attached hydrogens (tertiary/aromatic N) is 1. The average molecular weight is 484 g/mol. The van der Waals surface area contributed by atoms with Gasteiger partial charge in [-0.25, -0.2) is 21.9 Å². The van der Waals surface area contributed by atoms with Gasteiger partial charge in [-0.05, 0) is 35.9 Å². The van der Waals surface area contributed by atoms with Gasteiger partial charge in [0.2, 0.25) is 15.9 Å². The van der Waals surface area contributed by atoms with Crippen molar-refractivity contribution in [1.29, 1.82) is 0 Å². The van der Waals surface area contributed by atoms with Crippen LogP contribution in [0, 0.1) is 11.6 Å². The maximum atomic E-state index is 13.3. The highest BCUT2D eigenvalue weighted by molar-refractivity contribution is 7.89. The second-order valence-corrected chi connectivity index (χ2v) is 9.23. The van der Waals surface area contributed by atoms with E-state index in [-0.39, 0.29) is 24.9 Å². The quantitative estimate of drug-likeness (QED) is 0.535. The molecule has 2 aromatic rings. The van der Waals surface area contributed by atoms with Crippen LogP contribution in [0.5, 0.6) is 5.75 Å². The van der Waals surface area contributed by atoms with Gasteiger partial charge >= 0.3 is 0 Å². The number of halogens is 2. The SMILES string of the molecule is COc1ccc(C(CNC(=O)CCNS(=O)(=O)c2ccc(F)c(F)c2)N2CCOCC2)cc1. The van der Waals surface area contributed by atoms with Crippen LogP contribution in [-0.2, 0) is 19.6 Å². The third-order valence-corrected chi connectivity index (χ3v) is 6.78. The number of nitrogens with one attached hydrogen (secondary N) is 2. The van der Waals surface area contributed by atoms with Gasteiger partial charge in [0.1, 0.15) is 5.75 Å². The summed E-state index contributed by atoms with van der Waals surface area (Å²) >= 11 is 0. The molecule has 8 nitrogen and oxygen atoms in total. The van der Waals surface area contributed by atoms with Crippen molar-refractivity contribution in [2.45, 2.75) is 17.4 Å². The number of rotatable bonds is 10. The first kappa shape index (κ1) is 25.0. The van der Waals surface area contributed by atoms with Crippen molar-refractivity contribution in [3.63, 3.8) is 0 Å². The fourth-order valence-corrected chi connectivity index (χ4v) is 4.54. The van der Waals surface area contributed by atoms with Crippen LogP contribution >= 0.6 is 0 Å². The third kappa shape index (κ3) is 6.94. The van der Waals surface area contributed by atoms with E-state index in [1.807, 2.05) is 24.3 Å². The zero-order chi connectivity index (χ0) is 23.8. The predicted molar refractivity (Wildman–Crippen MR) is 117 cm³/mol. The fraction of sp³-hybridized carbons (Fsp3) is 0.409. The minimum absolute atomic E-state index is 0.0809. The maximum absolute atomic E-state index is 13.3. The number of carbonyl (C=O) groups is 1. The summed E-state index contributed by atoms with van der Waals surface area (Å²) in [6.45, 7) is 2.80. The van der Waals surface area contributed by atoms with Gasteiger partial charge in [0.05, 0.1) is 31.3 Å². The van der Waals surface area contributed by atoms with E-state index in [4.69, 9.17) is 9.47 Å². The molecule has 1 amide bonds. The van der Waals surface area contributed by atoms with Crippen molar-refractivity contribution < 1.29 is 31.5 Å². The Morgan fingerprint density at radius 1 is 1.12 bits per heavy atom. The van der Waals surface area contributed by atoms with Crippen molar-refractivity contribution in [2.75, 3.05) is 46.5 Å². The number of ether oxygens (including phenoxy) is 2. The molecule has 180 valence electrons. The molecule has 2 aromatic carbocycles. The van der Waals surface area contributed by atoms with Crippen LogP contribution < -0.4 is 14.8 Å². The molecule has 1 atom stereocenters. The van der Waals surface area contributed by atoms with Crippen molar-refractivity contribution >= 4 is 15.9 Å². The van der Waals surface area contributed by atoms with E-state index >= 15 is 0 Å². The molecule has 3 rings (SSSR count). The topological polar surface area (TPSA) is 97.0 Å². The van der Waals surface area contributed by atoms with Gasteiger partial charge in [0.15, 0.2) is 11.6 Å². The number of carbonyl (C=O) groups excluding carboxylic acids is 1. The highest BCUT2D eigenvalue weighted by atomic mass is 32.2. The van der Waals surface area contributed by atoms with Gasteiger partial charge in [-0.2, -0.15) is 0 Å². The van der Waals surface area contributed by atoms with Crippen molar-refractivity contribution in [3.8, 4) is 5.75 Å². The summed E-state index contributed by atoms with van der Waals surface area (Å²) in [6, 6.07) is 9.82. The highest BCUT2D eigenvalue weighted by Gasteiger charge is 2.23. The van der Waals surface area contributed by atoms with Crippen molar-refractivity contribution in [2.24, 2.45) is 0 Å². The molecule has 1 unspecified atom stereocenters. The first-order valence-corrected chi connectivity index (χ1v) is 12.0. The summed E-state index contributed by atoms with van der Waals surface area (Å²) < 4.78 is 63.7. The van der Waals surface area contributed by atoms with Crippen molar-refractivity contribution in [1.82, 2.24) is 14.9 Å². The van der Waals surface area contributed by atoms with Crippen LogP contribution in [0.2, 0.25) is 0 Å². The van der Waals surface area contributed by atoms with Gasteiger partial charge in [-0.3, -0.25) is 9.69 Å². The lowest BCUT2D eigenvalue weighted by Crippen LogP contribution is -2.44. The number of amides is 1. The Hall–Kier alpha value is -2.60. The number of hydrogen-bond acceptors (Lipinski definition) is 6. The van der Waals surface area contributed by atoms with Gasteiger partial charge in [-0.1, -0.05) is 12.1 Å². The van der Waals surface area contributed by atoms with Gasteiger partial charge in [0.25, 0.3) is 0 Å². The minimum atomic E-state index is -4.06. The molecule has 1 heterocycles. The van der Waals surface area contributed by atoms with Crippen LogP contribution in [0.4, 0.5) is 8.78 Å². The Bertz CT molecular complexity index is 1040. The molecule has 0 spiro atoms. The number of morpholine rings is 1. The number of methoxy groups -OCH3 is 1. The number of benzene rings is 2. The van der Waals surface area contributed by atoms with E-state index in [1.54, 1.807) is 7.11 Å². The summed E-state index contributed by atoms with van der Waals surface area (Å²) in [5.74, 6) is -2.00. The lowest BCUT2D eigenvalue weighted by atomic mass is 10.0. The van der Waals surface area contributed by atoms with E-state index < -0.39 is 26.6 Å². The summed E-state index contributed by atoms with van der Waals surface area (Å²) in [5, 5.41) is 2.85. The Balaban J connectivity index is 1.55. The lowest BCUT2D eigenvalue weighted by molar-refractivity contribution is -0.121. The van der Waals surface area contributed by atoms with E-state index in [0.717, 1.165) is 36.5 Å². The Labute approximate surface area is 191 Å². The molecule has 1 fully saturated rings. The monoisotopic (exact) mass is 483 g/mol. The second-order valence-electron chi connectivity index (χ2n) is 7.47. The van der Waals surface area contributed by atoms with Crippen LogP contribution in [0.25, 0.3) is 0 Å². The zero-order valence-corrected chi connectivity index (χ0v) is 19.0. The Morgan fingerprint density at radius 3 is 2.45 bits per heavy atom. The highest BCUT2D eigenvalue weighted by Crippen LogP contribution is 2.23. The average Bonchev–Trinajstić information content (AvgIpc) is 2.82. The maximum Gasteiger partial charge on any atom is 0.240 e. The second kappa shape index (κ2) is 11.5. The van der Waals surface area contributed by atoms with E-state index in [2.05, 4.69) is 14.9 Å². The molecule has 0 bridgehead atoms. The zero-order valence-electron chi connectivity index (χ0n) is 18.2. The summed E-state index contributed by atoms with van der Waals surface area (Å²) in [7, 11) is -2.47. The largest absolute Gasteiger partial charge is 0.497 e. The standard InChI is InChI=1S/C22H27F2N3O5S/c1-31-17-4-2-16(3-5-17)21(27-10-12-32-13-11-27)15-25-22(28)8-9-26-33(29,30)18-6-7-19(23)20(24)14-18/h2-7,14,21,26H,8-13,15H2,1H3,(H,25,28). The van der Waals surface area contributed by atoms with Crippen LogP contribution in [-0.4, -0.2) is 65.7 Å². The molecular weight excluding hydrogens is 456 g/mol. The van der Waals surface area contributed by atoms with Gasteiger partial charge in [-0.15, -0.1) is 0 Å². The minimum Gasteiger partial charge on any atom is -0.497 e. The summed E-state index contributed by atoms with van der Waals surface area (Å²) in [6.07, 6.45) is -0.110. The van der Waals surface area contributed by atoms with E-state index in [0.29, 0.717) is 25.8 Å². The molecule has 0 aromatic heterocycles. The Kier molecular flexibility index (Phi) is 8.73. The molecule has 2 N–H and O–H groups in total. The molecule has 0 saturated carbocycles. The summed E-state index contributed by atoms with van der Waals surface area (Å²) in [4.78, 5) is 14.2. The van der Waals surface area contributed by atoms with Crippen LogP contribution in [0.1, 0.15) is 18.0 Å². The molecule has 33 heavy (non-hydrogen) atoms. The van der Waals surface area contributed by atoms with E-state index in [9.17, 15) is 22.0 Å². The predicted octanol–water partition coefficient (Wildman–Crippen LogP) is 1.83. The Morgan fingerprint density at radius 2 is 1.82 bits per heavy atom. The van der Waals surface area contributed by atoms with Gasteiger partial charge < -0.3 is 14.8 Å². The smallest absolute Gasteiger partial charge is 0.240 e. The normalized spacial score (nSPS) is 15.7. The third-order valence-electron chi connectivity index (χ3n) is 5.33. The van der Waals surface area contributed by atoms with Crippen molar-refractivity contribution in [3.05, 3.63) is 59.7 Å². The molecule has 0 aliphatic carbocycles. The van der Waals surface area contributed by atoms with Crippen LogP contribution in [0.3, 0.4) is 0 Å². The summed E-state index contributed by atoms with van der Waals surface area (Å²) in [5.41, 5.74) is 1.01. The molecule has 1 saturated heterocycles. The van der Waals surface area contributed by atoms with Crippen LogP contribution in [0.15, 0.2) is 47.4 Å². The van der Waals surface area contributed by atoms with E-state index in [1.165, 1.54) is 0 Å². The first-order valence-electron chi connectivity index (χ1n) is 10.5.